The summed E-state index contributed by atoms with van der Waals surface area (Å²) < 4.78 is 7.87. The highest BCUT2D eigenvalue weighted by molar-refractivity contribution is 5.91. The molecule has 2 aromatic heterocycles. The Morgan fingerprint density at radius 2 is 1.73 bits per heavy atom. The van der Waals surface area contributed by atoms with Gasteiger partial charge in [-0.3, -0.25) is 9.36 Å². The Kier molecular flexibility index (Phi) is 9.19. The van der Waals surface area contributed by atoms with Gasteiger partial charge in [-0.15, -0.1) is 5.06 Å². The van der Waals surface area contributed by atoms with E-state index in [9.17, 15) is 14.9 Å². The van der Waals surface area contributed by atoms with Gasteiger partial charge in [-0.1, -0.05) is 61.5 Å². The molecule has 0 bridgehead atoms. The molecule has 0 radical (unpaired) electrons. The maximum Gasteiger partial charge on any atom is 0.357 e. The summed E-state index contributed by atoms with van der Waals surface area (Å²) in [5.74, 6) is 0.540. The molecule has 0 aliphatic carbocycles. The number of likely N-dealkylation sites (N-methyl/N-ethyl adjacent to an activating group) is 1. The van der Waals surface area contributed by atoms with Crippen LogP contribution in [0.15, 0.2) is 77.6 Å². The van der Waals surface area contributed by atoms with Crippen LogP contribution in [0.25, 0.3) is 27.5 Å². The van der Waals surface area contributed by atoms with Crippen molar-refractivity contribution >= 4 is 33.6 Å². The normalized spacial score (nSPS) is 18.5. The summed E-state index contributed by atoms with van der Waals surface area (Å²) in [6.07, 6.45) is 2.69. The average Bonchev–Trinajstić information content (AvgIpc) is 3.55. The van der Waals surface area contributed by atoms with E-state index in [0.717, 1.165) is 35.8 Å². The standard InChI is InChI=1S/C37H38N8O4/c1-3-31-39-32-33(35(46)45(31)30-17-9-14-25-11-7-8-16-29(25)30)40-37(48-24-28-15-10-20-42(28)2)41-34(32)43-21-22-44(27(23-43)18-19-38)49-36(47)26-12-5-4-6-13-26/h4-9,11-14,16-17,27-28H,3,10,15,18,20-24H2,1-2H3/t27-,28?/m0/s1. The molecule has 12 heteroatoms. The van der Waals surface area contributed by atoms with E-state index in [2.05, 4.69) is 18.0 Å². The summed E-state index contributed by atoms with van der Waals surface area (Å²) in [5.41, 5.74) is 1.37. The third-order valence-electron chi connectivity index (χ3n) is 9.41. The summed E-state index contributed by atoms with van der Waals surface area (Å²) >= 11 is 0. The van der Waals surface area contributed by atoms with Crippen molar-refractivity contribution in [3.05, 3.63) is 94.5 Å². The van der Waals surface area contributed by atoms with E-state index in [1.54, 1.807) is 33.9 Å². The molecule has 3 aromatic carbocycles. The fourth-order valence-corrected chi connectivity index (χ4v) is 6.77. The van der Waals surface area contributed by atoms with Crippen molar-refractivity contribution < 1.29 is 14.4 Å². The van der Waals surface area contributed by atoms with E-state index in [-0.39, 0.29) is 29.5 Å². The first-order valence-electron chi connectivity index (χ1n) is 16.8. The molecule has 2 fully saturated rings. The van der Waals surface area contributed by atoms with Gasteiger partial charge in [-0.05, 0) is 50.0 Å². The minimum Gasteiger partial charge on any atom is -0.462 e. The van der Waals surface area contributed by atoms with E-state index >= 15 is 0 Å². The number of aryl methyl sites for hydroxylation is 1. The second-order valence-electron chi connectivity index (χ2n) is 12.5. The fourth-order valence-electron chi connectivity index (χ4n) is 6.77. The van der Waals surface area contributed by atoms with Crippen LogP contribution in [0.4, 0.5) is 5.82 Å². The van der Waals surface area contributed by atoms with Crippen LogP contribution in [0.5, 0.6) is 6.01 Å². The number of nitriles is 1. The molecule has 0 spiro atoms. The van der Waals surface area contributed by atoms with Crippen LogP contribution in [0.1, 0.15) is 42.4 Å². The molecule has 7 rings (SSSR count). The number of benzene rings is 3. The molecule has 2 atom stereocenters. The number of fused-ring (bicyclic) bond motifs is 2. The van der Waals surface area contributed by atoms with Crippen LogP contribution in [0.2, 0.25) is 0 Å². The highest BCUT2D eigenvalue weighted by Gasteiger charge is 2.33. The highest BCUT2D eigenvalue weighted by Crippen LogP contribution is 2.29. The first kappa shape index (κ1) is 32.2. The van der Waals surface area contributed by atoms with Gasteiger partial charge in [0.1, 0.15) is 17.9 Å². The Bertz CT molecular complexity index is 2090. The van der Waals surface area contributed by atoms with E-state index in [1.807, 2.05) is 60.4 Å². The highest BCUT2D eigenvalue weighted by atomic mass is 16.7. The lowest BCUT2D eigenvalue weighted by molar-refractivity contribution is -0.140. The number of hydrogen-bond acceptors (Lipinski definition) is 11. The molecular formula is C37H38N8O4. The van der Waals surface area contributed by atoms with Crippen molar-refractivity contribution in [2.75, 3.05) is 44.7 Å². The van der Waals surface area contributed by atoms with Crippen LogP contribution in [-0.4, -0.2) is 87.4 Å². The predicted octanol–water partition coefficient (Wildman–Crippen LogP) is 4.54. The monoisotopic (exact) mass is 658 g/mol. The van der Waals surface area contributed by atoms with E-state index in [0.29, 0.717) is 55.4 Å². The van der Waals surface area contributed by atoms with E-state index in [1.165, 1.54) is 0 Å². The zero-order chi connectivity index (χ0) is 33.9. The number of hydroxylamine groups is 2. The van der Waals surface area contributed by atoms with Gasteiger partial charge in [0, 0.05) is 30.9 Å². The summed E-state index contributed by atoms with van der Waals surface area (Å²) in [4.78, 5) is 52.1. The number of hydrogen-bond donors (Lipinski definition) is 0. The van der Waals surface area contributed by atoms with Crippen LogP contribution >= 0.6 is 0 Å². The zero-order valence-corrected chi connectivity index (χ0v) is 27.7. The molecule has 2 aliphatic rings. The maximum atomic E-state index is 14.6. The number of ether oxygens (including phenoxy) is 1. The largest absolute Gasteiger partial charge is 0.462 e. The number of likely N-dealkylation sites (tertiary alicyclic amines) is 1. The summed E-state index contributed by atoms with van der Waals surface area (Å²) in [7, 11) is 2.08. The fraction of sp³-hybridized carbons (Fsp3) is 0.351. The number of anilines is 1. The number of rotatable bonds is 9. The van der Waals surface area contributed by atoms with Crippen LogP contribution in [-0.2, 0) is 11.3 Å². The van der Waals surface area contributed by atoms with Gasteiger partial charge in [0.2, 0.25) is 0 Å². The van der Waals surface area contributed by atoms with Gasteiger partial charge in [-0.2, -0.15) is 15.2 Å². The number of nitrogens with zero attached hydrogens (tertiary/aromatic N) is 8. The van der Waals surface area contributed by atoms with Crippen LogP contribution < -0.4 is 15.2 Å². The third kappa shape index (κ3) is 6.42. The van der Waals surface area contributed by atoms with E-state index < -0.39 is 12.0 Å². The minimum absolute atomic E-state index is 0.102. The first-order valence-corrected chi connectivity index (χ1v) is 16.8. The van der Waals surface area contributed by atoms with Crippen LogP contribution in [0.3, 0.4) is 0 Å². The lowest BCUT2D eigenvalue weighted by Crippen LogP contribution is -2.54. The second-order valence-corrected chi connectivity index (χ2v) is 12.5. The molecule has 0 N–H and O–H groups in total. The number of aromatic nitrogens is 4. The Morgan fingerprint density at radius 3 is 2.51 bits per heavy atom. The zero-order valence-electron chi connectivity index (χ0n) is 27.7. The maximum absolute atomic E-state index is 14.6. The molecule has 2 saturated heterocycles. The topological polar surface area (TPSA) is 130 Å². The molecule has 250 valence electrons. The molecule has 2 aliphatic heterocycles. The van der Waals surface area contributed by atoms with Gasteiger partial charge >= 0.3 is 12.0 Å². The summed E-state index contributed by atoms with van der Waals surface area (Å²) in [6, 6.07) is 24.7. The van der Waals surface area contributed by atoms with Gasteiger partial charge in [0.25, 0.3) is 5.56 Å². The van der Waals surface area contributed by atoms with Gasteiger partial charge < -0.3 is 19.4 Å². The third-order valence-corrected chi connectivity index (χ3v) is 9.41. The average molecular weight is 659 g/mol. The molecule has 5 aromatic rings. The van der Waals surface area contributed by atoms with Crippen molar-refractivity contribution in [2.24, 2.45) is 0 Å². The van der Waals surface area contributed by atoms with Crippen LogP contribution in [0, 0.1) is 11.3 Å². The van der Waals surface area contributed by atoms with Crippen molar-refractivity contribution in [1.82, 2.24) is 29.5 Å². The molecule has 0 amide bonds. The molecular weight excluding hydrogens is 620 g/mol. The number of carbonyl (C=O) groups is 1. The predicted molar refractivity (Wildman–Crippen MR) is 186 cm³/mol. The van der Waals surface area contributed by atoms with E-state index in [4.69, 9.17) is 24.5 Å². The van der Waals surface area contributed by atoms with Gasteiger partial charge in [0.15, 0.2) is 11.3 Å². The quantitative estimate of drug-likeness (QED) is 0.221. The van der Waals surface area contributed by atoms with Crippen molar-refractivity contribution in [2.45, 2.75) is 44.7 Å². The summed E-state index contributed by atoms with van der Waals surface area (Å²) in [6.45, 7) is 4.37. The smallest absolute Gasteiger partial charge is 0.357 e. The lowest BCUT2D eigenvalue weighted by Gasteiger charge is -2.39. The lowest BCUT2D eigenvalue weighted by atomic mass is 10.1. The van der Waals surface area contributed by atoms with Crippen molar-refractivity contribution in [3.8, 4) is 17.8 Å². The molecule has 12 nitrogen and oxygen atoms in total. The Labute approximate surface area is 284 Å². The molecule has 0 saturated carbocycles. The summed E-state index contributed by atoms with van der Waals surface area (Å²) in [5, 5.41) is 13.2. The SMILES string of the molecule is CCc1nc2c(N3CCN(OC(=O)c4ccccc4)[C@@H](CC#N)C3)nc(OCC3CCCN3C)nc2c(=O)n1-c1cccc2ccccc12. The van der Waals surface area contributed by atoms with Gasteiger partial charge in [0.05, 0.1) is 36.3 Å². The molecule has 49 heavy (non-hydrogen) atoms. The Balaban J connectivity index is 1.30. The van der Waals surface area contributed by atoms with Gasteiger partial charge in [-0.25, -0.2) is 9.78 Å². The minimum atomic E-state index is -0.486. The Hall–Kier alpha value is -5.38. The second kappa shape index (κ2) is 14.0. The van der Waals surface area contributed by atoms with Crippen molar-refractivity contribution in [3.63, 3.8) is 0 Å². The van der Waals surface area contributed by atoms with Crippen molar-refractivity contribution in [1.29, 1.82) is 5.26 Å². The number of carbonyl (C=O) groups excluding carboxylic acids is 1. The first-order chi connectivity index (χ1) is 23.9. The molecule has 1 unspecified atom stereocenters. The Morgan fingerprint density at radius 1 is 0.939 bits per heavy atom. The number of piperazine rings is 1. The molecule has 4 heterocycles.